The average Bonchev–Trinajstić information content (AvgIpc) is 2.60. The van der Waals surface area contributed by atoms with E-state index in [2.05, 4.69) is 4.98 Å². The van der Waals surface area contributed by atoms with Crippen molar-refractivity contribution < 1.29 is 14.4 Å². The number of nitrogen functional groups attached to an aromatic ring is 1. The fourth-order valence-electron chi connectivity index (χ4n) is 2.06. The van der Waals surface area contributed by atoms with Gasteiger partial charge in [-0.3, -0.25) is 4.98 Å². The van der Waals surface area contributed by atoms with E-state index in [1.165, 1.54) is 0 Å². The van der Waals surface area contributed by atoms with Gasteiger partial charge >= 0.3 is 7.12 Å². The highest BCUT2D eigenvalue weighted by Gasteiger charge is 2.52. The Balaban J connectivity index is 2.33. The Morgan fingerprint density at radius 3 is 2.43 bits per heavy atom. The van der Waals surface area contributed by atoms with Crippen molar-refractivity contribution in [1.29, 1.82) is 0 Å². The Morgan fingerprint density at radius 1 is 1.33 bits per heavy atom. The number of rotatable bonds is 3. The molecule has 1 aliphatic rings. The molecule has 0 bridgehead atoms. The van der Waals surface area contributed by atoms with Gasteiger partial charge in [0, 0.05) is 6.20 Å². The molecule has 0 amide bonds. The molecule has 0 aromatic carbocycles. The van der Waals surface area contributed by atoms with Gasteiger partial charge in [-0.15, -0.1) is 0 Å². The quantitative estimate of drug-likeness (QED) is 0.832. The molecule has 0 atom stereocenters. The summed E-state index contributed by atoms with van der Waals surface area (Å²) in [5.41, 5.74) is 7.90. The monoisotopic (exact) mass is 290 g/mol. The van der Waals surface area contributed by atoms with Crippen molar-refractivity contribution in [1.82, 2.24) is 4.98 Å². The molecule has 2 heterocycles. The summed E-state index contributed by atoms with van der Waals surface area (Å²) in [5.74, 6) is 0. The number of pyridine rings is 1. The molecule has 114 valence electrons. The predicted molar refractivity (Wildman–Crippen MR) is 84.5 cm³/mol. The first-order valence-corrected chi connectivity index (χ1v) is 7.06. The van der Waals surface area contributed by atoms with Crippen LogP contribution in [0.3, 0.4) is 0 Å². The lowest BCUT2D eigenvalue weighted by Gasteiger charge is -2.32. The van der Waals surface area contributed by atoms with Crippen LogP contribution in [0.25, 0.3) is 6.08 Å². The molecule has 21 heavy (non-hydrogen) atoms. The molecule has 0 saturated carbocycles. The second-order valence-corrected chi connectivity index (χ2v) is 6.39. The van der Waals surface area contributed by atoms with Crippen LogP contribution in [0, 0.1) is 6.92 Å². The zero-order valence-corrected chi connectivity index (χ0v) is 13.3. The summed E-state index contributed by atoms with van der Waals surface area (Å²) in [6.07, 6.45) is 3.43. The highest BCUT2D eigenvalue weighted by molar-refractivity contribution is 6.55. The average molecular weight is 290 g/mol. The van der Waals surface area contributed by atoms with E-state index in [0.717, 1.165) is 5.56 Å². The third-order valence-electron chi connectivity index (χ3n) is 4.30. The third-order valence-corrected chi connectivity index (χ3v) is 4.30. The van der Waals surface area contributed by atoms with Gasteiger partial charge in [0.15, 0.2) is 0 Å². The Labute approximate surface area is 126 Å². The molecule has 6 heteroatoms. The van der Waals surface area contributed by atoms with E-state index >= 15 is 0 Å². The number of nitrogens with zero attached hydrogens (tertiary/aromatic N) is 1. The van der Waals surface area contributed by atoms with Gasteiger partial charge < -0.3 is 20.1 Å². The third kappa shape index (κ3) is 2.97. The SMILES string of the molecule is Cc1ccnc(C=C(CO)B2OC(C)(C)C(C)(C)O2)c1N. The van der Waals surface area contributed by atoms with Gasteiger partial charge in [0.25, 0.3) is 0 Å². The standard InChI is InChI=1S/C15H23BN2O3/c1-10-6-7-18-12(13(10)17)8-11(9-19)16-20-14(2,3)15(4,5)21-16/h6-8,19H,9,17H2,1-5H3. The van der Waals surface area contributed by atoms with E-state index in [0.29, 0.717) is 16.9 Å². The lowest BCUT2D eigenvalue weighted by molar-refractivity contribution is 0.00578. The smallest absolute Gasteiger partial charge is 0.400 e. The minimum Gasteiger partial charge on any atom is -0.400 e. The largest absolute Gasteiger partial charge is 0.492 e. The van der Waals surface area contributed by atoms with Gasteiger partial charge in [0.2, 0.25) is 0 Å². The number of hydrogen-bond donors (Lipinski definition) is 2. The lowest BCUT2D eigenvalue weighted by atomic mass is 9.78. The second-order valence-electron chi connectivity index (χ2n) is 6.39. The molecule has 0 spiro atoms. The van der Waals surface area contributed by atoms with Gasteiger partial charge in [-0.05, 0) is 57.8 Å². The number of anilines is 1. The van der Waals surface area contributed by atoms with Crippen molar-refractivity contribution >= 4 is 18.9 Å². The second kappa shape index (κ2) is 5.44. The van der Waals surface area contributed by atoms with Crippen molar-refractivity contribution in [3.8, 4) is 0 Å². The molecule has 2 rings (SSSR count). The molecular weight excluding hydrogens is 267 g/mol. The summed E-state index contributed by atoms with van der Waals surface area (Å²) in [4.78, 5) is 4.25. The molecule has 1 fully saturated rings. The van der Waals surface area contributed by atoms with Crippen molar-refractivity contribution in [2.24, 2.45) is 0 Å². The van der Waals surface area contributed by atoms with Crippen LogP contribution in [0.1, 0.15) is 39.0 Å². The first-order chi connectivity index (χ1) is 9.68. The predicted octanol–water partition coefficient (Wildman–Crippen LogP) is 1.98. The lowest BCUT2D eigenvalue weighted by Crippen LogP contribution is -2.41. The number of aliphatic hydroxyl groups excluding tert-OH is 1. The Bertz CT molecular complexity index is 554. The minimum atomic E-state index is -0.596. The van der Waals surface area contributed by atoms with Crippen molar-refractivity contribution in [2.75, 3.05) is 12.3 Å². The summed E-state index contributed by atoms with van der Waals surface area (Å²) in [5, 5.41) is 9.65. The normalized spacial score (nSPS) is 20.9. The minimum absolute atomic E-state index is 0.175. The van der Waals surface area contributed by atoms with Crippen molar-refractivity contribution in [3.63, 3.8) is 0 Å². The zero-order chi connectivity index (χ0) is 15.8. The number of hydrogen-bond acceptors (Lipinski definition) is 5. The number of aryl methyl sites for hydroxylation is 1. The van der Waals surface area contributed by atoms with Crippen LogP contribution in [0.2, 0.25) is 0 Å². The van der Waals surface area contributed by atoms with Gasteiger partial charge in [0.05, 0.1) is 29.2 Å². The molecule has 1 saturated heterocycles. The topological polar surface area (TPSA) is 77.6 Å². The van der Waals surface area contributed by atoms with E-state index < -0.39 is 18.3 Å². The summed E-state index contributed by atoms with van der Waals surface area (Å²) >= 11 is 0. The van der Waals surface area contributed by atoms with Gasteiger partial charge in [-0.2, -0.15) is 0 Å². The summed E-state index contributed by atoms with van der Waals surface area (Å²) in [6.45, 7) is 9.64. The fraction of sp³-hybridized carbons (Fsp3) is 0.533. The van der Waals surface area contributed by atoms with E-state index in [9.17, 15) is 5.11 Å². The zero-order valence-electron chi connectivity index (χ0n) is 13.3. The van der Waals surface area contributed by atoms with E-state index in [-0.39, 0.29) is 6.61 Å². The van der Waals surface area contributed by atoms with Crippen LogP contribution >= 0.6 is 0 Å². The number of aromatic nitrogens is 1. The molecule has 1 aromatic rings. The number of nitrogens with two attached hydrogens (primary N) is 1. The maximum Gasteiger partial charge on any atom is 0.492 e. The Hall–Kier alpha value is -1.37. The van der Waals surface area contributed by atoms with Crippen LogP contribution in [0.4, 0.5) is 5.69 Å². The first kappa shape index (κ1) is 16.0. The molecule has 0 radical (unpaired) electrons. The van der Waals surface area contributed by atoms with E-state index in [1.807, 2.05) is 40.7 Å². The van der Waals surface area contributed by atoms with Gasteiger partial charge in [-0.25, -0.2) is 0 Å². The van der Waals surface area contributed by atoms with Crippen LogP contribution < -0.4 is 5.73 Å². The molecular formula is C15H23BN2O3. The molecule has 0 unspecified atom stereocenters. The van der Waals surface area contributed by atoms with Crippen LogP contribution in [-0.2, 0) is 9.31 Å². The maximum absolute atomic E-state index is 9.65. The molecule has 5 nitrogen and oxygen atoms in total. The van der Waals surface area contributed by atoms with E-state index in [1.54, 1.807) is 12.3 Å². The fourth-order valence-corrected chi connectivity index (χ4v) is 2.06. The van der Waals surface area contributed by atoms with Crippen LogP contribution in [0.5, 0.6) is 0 Å². The highest BCUT2D eigenvalue weighted by Crippen LogP contribution is 2.38. The summed E-state index contributed by atoms with van der Waals surface area (Å²) in [7, 11) is -0.596. The molecule has 1 aliphatic heterocycles. The molecule has 0 aliphatic carbocycles. The summed E-state index contributed by atoms with van der Waals surface area (Å²) < 4.78 is 11.9. The van der Waals surface area contributed by atoms with Crippen LogP contribution in [-0.4, -0.2) is 35.0 Å². The Kier molecular flexibility index (Phi) is 4.15. The number of aliphatic hydroxyl groups is 1. The van der Waals surface area contributed by atoms with Gasteiger partial charge in [-0.1, -0.05) is 0 Å². The summed E-state index contributed by atoms with van der Waals surface area (Å²) in [6, 6.07) is 1.85. The van der Waals surface area contributed by atoms with Crippen LogP contribution in [0.15, 0.2) is 17.7 Å². The highest BCUT2D eigenvalue weighted by atomic mass is 16.7. The molecule has 3 N–H and O–H groups in total. The van der Waals surface area contributed by atoms with Gasteiger partial charge in [0.1, 0.15) is 0 Å². The van der Waals surface area contributed by atoms with Crippen molar-refractivity contribution in [3.05, 3.63) is 29.0 Å². The van der Waals surface area contributed by atoms with Crippen molar-refractivity contribution in [2.45, 2.75) is 45.8 Å². The van der Waals surface area contributed by atoms with E-state index in [4.69, 9.17) is 15.0 Å². The first-order valence-electron chi connectivity index (χ1n) is 7.06. The maximum atomic E-state index is 9.65. The molecule has 1 aromatic heterocycles. The Morgan fingerprint density at radius 2 is 1.90 bits per heavy atom.